The summed E-state index contributed by atoms with van der Waals surface area (Å²) < 4.78 is 51.1. The van der Waals surface area contributed by atoms with Crippen LogP contribution in [0.2, 0.25) is 0 Å². The number of cyclic esters (lactones) is 1. The molecule has 48 heavy (non-hydrogen) atoms. The lowest BCUT2D eigenvalue weighted by Gasteiger charge is -2.46. The molecular formula is C36H61NO11. The van der Waals surface area contributed by atoms with Crippen LogP contribution < -0.4 is 0 Å². The highest BCUT2D eigenvalue weighted by Crippen LogP contribution is 2.50. The van der Waals surface area contributed by atoms with Crippen LogP contribution in [0.25, 0.3) is 0 Å². The Kier molecular flexibility index (Phi) is 11.0. The third kappa shape index (κ3) is 7.08. The number of nitrogens with zero attached hydrogens (tertiary/aromatic N) is 1. The number of fused-ring (bicyclic) bond motifs is 3. The first-order valence-electron chi connectivity index (χ1n) is 17.9. The molecule has 7 unspecified atom stereocenters. The van der Waals surface area contributed by atoms with Gasteiger partial charge >= 0.3 is 5.97 Å². The summed E-state index contributed by atoms with van der Waals surface area (Å²) in [5, 5.41) is 23.4. The highest BCUT2D eigenvalue weighted by molar-refractivity contribution is 5.73. The van der Waals surface area contributed by atoms with Gasteiger partial charge in [0, 0.05) is 37.8 Å². The monoisotopic (exact) mass is 683 g/mol. The molecule has 2 N–H and O–H groups in total. The van der Waals surface area contributed by atoms with Crippen LogP contribution in [-0.4, -0.2) is 121 Å². The molecule has 0 saturated carbocycles. The molecule has 4 fully saturated rings. The van der Waals surface area contributed by atoms with Crippen LogP contribution in [0.3, 0.4) is 0 Å². The van der Waals surface area contributed by atoms with E-state index in [1.54, 1.807) is 14.0 Å². The quantitative estimate of drug-likeness (QED) is 0.298. The number of carbonyl (C=O) groups excluding carboxylic acids is 1. The molecule has 0 amide bonds. The second-order valence-electron chi connectivity index (χ2n) is 15.8. The predicted molar refractivity (Wildman–Crippen MR) is 175 cm³/mol. The summed E-state index contributed by atoms with van der Waals surface area (Å²) >= 11 is 0. The van der Waals surface area contributed by atoms with E-state index in [-0.39, 0.29) is 24.4 Å². The minimum absolute atomic E-state index is 0.0212. The Hall–Kier alpha value is -1.35. The molecule has 2 bridgehead atoms. The normalized spacial score (nSPS) is 50.1. The number of epoxide rings is 1. The van der Waals surface area contributed by atoms with Crippen molar-refractivity contribution in [2.24, 2.45) is 17.8 Å². The van der Waals surface area contributed by atoms with Gasteiger partial charge < -0.3 is 53.0 Å². The molecule has 0 spiro atoms. The van der Waals surface area contributed by atoms with Crippen LogP contribution >= 0.6 is 0 Å². The van der Waals surface area contributed by atoms with Crippen LogP contribution in [-0.2, 0) is 42.7 Å². The Morgan fingerprint density at radius 2 is 1.69 bits per heavy atom. The van der Waals surface area contributed by atoms with Crippen molar-refractivity contribution in [2.75, 3.05) is 21.2 Å². The molecule has 0 aromatic rings. The maximum Gasteiger partial charge on any atom is 0.311 e. The van der Waals surface area contributed by atoms with Crippen LogP contribution in [0.5, 0.6) is 0 Å². The van der Waals surface area contributed by atoms with E-state index in [1.165, 1.54) is 6.92 Å². The van der Waals surface area contributed by atoms with Crippen molar-refractivity contribution in [1.82, 2.24) is 4.90 Å². The zero-order valence-electron chi connectivity index (χ0n) is 31.1. The first-order chi connectivity index (χ1) is 22.4. The minimum Gasteiger partial charge on any atom is -0.489 e. The van der Waals surface area contributed by atoms with Crippen LogP contribution in [0, 0.1) is 17.8 Å². The summed E-state index contributed by atoms with van der Waals surface area (Å²) in [7, 11) is 5.75. The van der Waals surface area contributed by atoms with Crippen molar-refractivity contribution in [3.05, 3.63) is 11.3 Å². The zero-order chi connectivity index (χ0) is 35.5. The second kappa shape index (κ2) is 14.0. The molecule has 0 aromatic carbocycles. The smallest absolute Gasteiger partial charge is 0.311 e. The van der Waals surface area contributed by atoms with E-state index in [9.17, 15) is 15.0 Å². The van der Waals surface area contributed by atoms with E-state index >= 15 is 0 Å². The molecule has 4 saturated heterocycles. The summed E-state index contributed by atoms with van der Waals surface area (Å²) in [5.41, 5.74) is -1.72. The Morgan fingerprint density at radius 1 is 1.00 bits per heavy atom. The van der Waals surface area contributed by atoms with Crippen LogP contribution in [0.4, 0.5) is 0 Å². The molecule has 16 atom stereocenters. The van der Waals surface area contributed by atoms with Crippen molar-refractivity contribution >= 4 is 5.97 Å². The van der Waals surface area contributed by atoms with Gasteiger partial charge in [0.25, 0.3) is 0 Å². The fourth-order valence-corrected chi connectivity index (χ4v) is 8.80. The fraction of sp³-hybridized carbons (Fsp3) is 0.917. The highest BCUT2D eigenvalue weighted by Gasteiger charge is 2.65. The molecule has 276 valence electrons. The van der Waals surface area contributed by atoms with E-state index in [4.69, 9.17) is 37.9 Å². The van der Waals surface area contributed by atoms with E-state index < -0.39 is 77.7 Å². The third-order valence-electron chi connectivity index (χ3n) is 11.7. The van der Waals surface area contributed by atoms with Crippen molar-refractivity contribution in [3.63, 3.8) is 0 Å². The summed E-state index contributed by atoms with van der Waals surface area (Å²) in [4.78, 5) is 16.3. The minimum atomic E-state index is -1.76. The van der Waals surface area contributed by atoms with E-state index in [2.05, 4.69) is 25.9 Å². The van der Waals surface area contributed by atoms with Gasteiger partial charge in [-0.1, -0.05) is 20.8 Å². The topological polar surface area (TPSA) is 138 Å². The van der Waals surface area contributed by atoms with Gasteiger partial charge in [0.2, 0.25) is 5.79 Å². The van der Waals surface area contributed by atoms with E-state index in [0.717, 1.165) is 12.0 Å². The van der Waals surface area contributed by atoms with Gasteiger partial charge in [-0.05, 0) is 74.1 Å². The summed E-state index contributed by atoms with van der Waals surface area (Å²) in [5.74, 6) is -2.60. The number of aliphatic hydroxyl groups is 2. The number of hydrogen-bond acceptors (Lipinski definition) is 12. The van der Waals surface area contributed by atoms with E-state index in [1.807, 2.05) is 41.5 Å². The molecular weight excluding hydrogens is 622 g/mol. The van der Waals surface area contributed by atoms with Crippen molar-refractivity contribution < 1.29 is 52.9 Å². The summed E-state index contributed by atoms with van der Waals surface area (Å²) in [6.07, 6.45) is -2.74. The first-order valence-corrected chi connectivity index (χ1v) is 17.9. The molecule has 5 heterocycles. The van der Waals surface area contributed by atoms with Crippen LogP contribution in [0.1, 0.15) is 94.4 Å². The number of rotatable bonds is 7. The number of esters is 1. The van der Waals surface area contributed by atoms with Gasteiger partial charge in [-0.2, -0.15) is 0 Å². The Morgan fingerprint density at radius 3 is 2.31 bits per heavy atom. The lowest BCUT2D eigenvalue weighted by atomic mass is 9.79. The summed E-state index contributed by atoms with van der Waals surface area (Å²) in [6.45, 7) is 16.9. The van der Waals surface area contributed by atoms with Gasteiger partial charge in [-0.15, -0.1) is 0 Å². The Labute approximate surface area is 286 Å². The average molecular weight is 684 g/mol. The van der Waals surface area contributed by atoms with Gasteiger partial charge in [0.1, 0.15) is 35.3 Å². The average Bonchev–Trinajstić information content (AvgIpc) is 3.69. The highest BCUT2D eigenvalue weighted by atomic mass is 16.8. The van der Waals surface area contributed by atoms with Gasteiger partial charge in [0.15, 0.2) is 12.6 Å². The number of methoxy groups -OCH3 is 1. The van der Waals surface area contributed by atoms with Crippen molar-refractivity contribution in [3.8, 4) is 0 Å². The molecule has 5 rings (SSSR count). The van der Waals surface area contributed by atoms with Gasteiger partial charge in [-0.25, -0.2) is 0 Å². The molecule has 0 aromatic heterocycles. The van der Waals surface area contributed by atoms with Gasteiger partial charge in [-0.3, -0.25) is 4.79 Å². The van der Waals surface area contributed by atoms with Crippen molar-refractivity contribution in [1.29, 1.82) is 0 Å². The Balaban J connectivity index is 1.56. The zero-order valence-corrected chi connectivity index (χ0v) is 31.1. The number of hydrogen-bond donors (Lipinski definition) is 2. The van der Waals surface area contributed by atoms with E-state index in [0.29, 0.717) is 31.4 Å². The molecule has 5 aliphatic heterocycles. The largest absolute Gasteiger partial charge is 0.489 e. The first kappa shape index (κ1) is 37.9. The second-order valence-corrected chi connectivity index (χ2v) is 15.8. The summed E-state index contributed by atoms with van der Waals surface area (Å²) in [6, 6.07) is 0.259. The molecule has 0 aliphatic carbocycles. The molecule has 0 radical (unpaired) electrons. The number of aliphatic hydroxyl groups excluding tert-OH is 1. The van der Waals surface area contributed by atoms with Gasteiger partial charge in [0.05, 0.1) is 36.8 Å². The van der Waals surface area contributed by atoms with Crippen molar-refractivity contribution in [2.45, 2.75) is 173 Å². The maximum atomic E-state index is 14.1. The number of ether oxygens (including phenoxy) is 8. The SMILES string of the molecule is CC[C@H]1OC(=O)[C@H](C)[C@@H](OC2CC3(OC)OC3C(C)O2)[C@H](C)[C@@H](OC2CC(N(C)C)CC(C)O2)[C@@]2(C)CC(C)=C(O2)[C@H](C)[C@@H](O)[C@]1(C)O. The third-order valence-corrected chi connectivity index (χ3v) is 11.7. The lowest BCUT2D eigenvalue weighted by Crippen LogP contribution is -2.55. The fourth-order valence-electron chi connectivity index (χ4n) is 8.80. The number of carbonyl (C=O) groups is 1. The van der Waals surface area contributed by atoms with Crippen LogP contribution in [0.15, 0.2) is 11.3 Å². The lowest BCUT2D eigenvalue weighted by molar-refractivity contribution is -0.283. The Bertz CT molecular complexity index is 1190. The maximum absolute atomic E-state index is 14.1. The molecule has 12 nitrogen and oxygen atoms in total. The standard InChI is InChI=1S/C36H61NO11/c1-13-25-35(9,40)30(38)20(4)28-18(2)16-34(8,47-28)31(46-26-15-24(37(10)11)14-19(3)42-26)21(5)29(22(6)33(39)44-25)45-27-17-36(41-12)32(48-36)23(7)43-27/h19-27,29-32,38,40H,13-17H2,1-12H3/t19?,20-,21-,22+,23?,24?,25+,26?,27?,29-,30+,31+,32?,34+,35+,36?/m0/s1. The molecule has 12 heteroatoms. The molecule has 5 aliphatic rings. The predicted octanol–water partition coefficient (Wildman–Crippen LogP) is 3.90.